The lowest BCUT2D eigenvalue weighted by atomic mass is 10.0. The average Bonchev–Trinajstić information content (AvgIpc) is 2.57. The van der Waals surface area contributed by atoms with Crippen LogP contribution in [0.3, 0.4) is 0 Å². The highest BCUT2D eigenvalue weighted by Gasteiger charge is 2.32. The molecule has 1 saturated heterocycles. The van der Waals surface area contributed by atoms with Gasteiger partial charge in [-0.15, -0.1) is 0 Å². The number of esters is 1. The van der Waals surface area contributed by atoms with Gasteiger partial charge in [0, 0.05) is 24.7 Å². The summed E-state index contributed by atoms with van der Waals surface area (Å²) >= 11 is 0. The molecule has 7 heteroatoms. The fourth-order valence-electron chi connectivity index (χ4n) is 3.21. The van der Waals surface area contributed by atoms with Crippen molar-refractivity contribution >= 4 is 32.4 Å². The first-order valence-electron chi connectivity index (χ1n) is 8.37. The molecule has 134 valence electrons. The van der Waals surface area contributed by atoms with E-state index < -0.39 is 21.1 Å². The second-order valence-electron chi connectivity index (χ2n) is 6.34. The number of rotatable bonds is 3. The highest BCUT2D eigenvalue weighted by atomic mass is 32.2. The summed E-state index contributed by atoms with van der Waals surface area (Å²) in [5.74, 6) is -0.360. The van der Waals surface area contributed by atoms with Crippen molar-refractivity contribution < 1.29 is 17.9 Å². The first kappa shape index (κ1) is 17.7. The summed E-state index contributed by atoms with van der Waals surface area (Å²) in [5.41, 5.74) is 2.92. The maximum absolute atomic E-state index is 12.4. The van der Waals surface area contributed by atoms with Crippen molar-refractivity contribution in [3.8, 4) is 0 Å². The number of para-hydroxylation sites is 1. The molecule has 1 atom stereocenters. The SMILES string of the molecule is CCOC(=O)c1cnc2c(C)cccc2c1N1CCS(=O)(=O)C(C)C1. The Morgan fingerprint density at radius 3 is 2.84 bits per heavy atom. The normalized spacial score (nSPS) is 19.8. The van der Waals surface area contributed by atoms with Gasteiger partial charge in [0.05, 0.1) is 28.8 Å². The minimum absolute atomic E-state index is 0.0755. The number of hydrogen-bond donors (Lipinski definition) is 0. The van der Waals surface area contributed by atoms with Crippen LogP contribution >= 0.6 is 0 Å². The van der Waals surface area contributed by atoms with Crippen LogP contribution in [0.25, 0.3) is 10.9 Å². The molecule has 0 aliphatic carbocycles. The Bertz CT molecular complexity index is 924. The Morgan fingerprint density at radius 1 is 1.40 bits per heavy atom. The third kappa shape index (κ3) is 3.20. The van der Waals surface area contributed by atoms with E-state index in [2.05, 4.69) is 4.98 Å². The number of carbonyl (C=O) groups is 1. The molecule has 1 aliphatic heterocycles. The molecular weight excluding hydrogens is 340 g/mol. The number of sulfone groups is 1. The van der Waals surface area contributed by atoms with Gasteiger partial charge in [-0.05, 0) is 26.3 Å². The van der Waals surface area contributed by atoms with Crippen molar-refractivity contribution in [1.29, 1.82) is 0 Å². The molecule has 0 radical (unpaired) electrons. The van der Waals surface area contributed by atoms with E-state index >= 15 is 0 Å². The number of nitrogens with zero attached hydrogens (tertiary/aromatic N) is 2. The summed E-state index contributed by atoms with van der Waals surface area (Å²) in [6.45, 7) is 6.40. The van der Waals surface area contributed by atoms with Crippen LogP contribution in [0, 0.1) is 6.92 Å². The van der Waals surface area contributed by atoms with Gasteiger partial charge in [-0.1, -0.05) is 18.2 Å². The van der Waals surface area contributed by atoms with Gasteiger partial charge in [-0.3, -0.25) is 4.98 Å². The van der Waals surface area contributed by atoms with Crippen molar-refractivity contribution in [2.24, 2.45) is 0 Å². The van der Waals surface area contributed by atoms with Gasteiger partial charge in [-0.2, -0.15) is 0 Å². The summed E-state index contributed by atoms with van der Waals surface area (Å²) in [6, 6.07) is 5.80. The van der Waals surface area contributed by atoms with E-state index in [4.69, 9.17) is 4.74 Å². The first-order valence-corrected chi connectivity index (χ1v) is 10.1. The van der Waals surface area contributed by atoms with Crippen molar-refractivity contribution in [1.82, 2.24) is 4.98 Å². The molecule has 1 aliphatic rings. The minimum Gasteiger partial charge on any atom is -0.462 e. The maximum Gasteiger partial charge on any atom is 0.341 e. The molecule has 1 aromatic carbocycles. The smallest absolute Gasteiger partial charge is 0.341 e. The zero-order valence-corrected chi connectivity index (χ0v) is 15.5. The minimum atomic E-state index is -3.08. The molecule has 0 N–H and O–H groups in total. The molecule has 0 amide bonds. The number of ether oxygens (including phenoxy) is 1. The van der Waals surface area contributed by atoms with Gasteiger partial charge < -0.3 is 9.64 Å². The number of pyridine rings is 1. The molecule has 6 nitrogen and oxygen atoms in total. The highest BCUT2D eigenvalue weighted by Crippen LogP contribution is 2.33. The van der Waals surface area contributed by atoms with Crippen LogP contribution in [0.4, 0.5) is 5.69 Å². The number of benzene rings is 1. The fourth-order valence-corrected chi connectivity index (χ4v) is 4.50. The summed E-state index contributed by atoms with van der Waals surface area (Å²) in [7, 11) is -3.08. The zero-order chi connectivity index (χ0) is 18.2. The summed E-state index contributed by atoms with van der Waals surface area (Å²) in [5, 5.41) is 0.362. The van der Waals surface area contributed by atoms with Gasteiger partial charge in [0.2, 0.25) is 0 Å². The second kappa shape index (κ2) is 6.63. The Labute approximate surface area is 147 Å². The predicted molar refractivity (Wildman–Crippen MR) is 97.9 cm³/mol. The van der Waals surface area contributed by atoms with Gasteiger partial charge in [0.15, 0.2) is 9.84 Å². The summed E-state index contributed by atoms with van der Waals surface area (Å²) in [4.78, 5) is 18.9. The number of anilines is 1. The average molecular weight is 362 g/mol. The van der Waals surface area contributed by atoms with Gasteiger partial charge in [0.1, 0.15) is 5.56 Å². The molecule has 1 aromatic heterocycles. The van der Waals surface area contributed by atoms with Crippen molar-refractivity contribution in [2.75, 3.05) is 30.3 Å². The van der Waals surface area contributed by atoms with Crippen LogP contribution in [0.5, 0.6) is 0 Å². The van der Waals surface area contributed by atoms with E-state index in [1.807, 2.05) is 30.0 Å². The van der Waals surface area contributed by atoms with Gasteiger partial charge in [-0.25, -0.2) is 13.2 Å². The van der Waals surface area contributed by atoms with Crippen LogP contribution in [-0.2, 0) is 14.6 Å². The molecule has 0 spiro atoms. The topological polar surface area (TPSA) is 76.6 Å². The Balaban J connectivity index is 2.18. The third-order valence-corrected chi connectivity index (χ3v) is 6.75. The van der Waals surface area contributed by atoms with E-state index in [0.29, 0.717) is 24.3 Å². The molecule has 3 rings (SSSR count). The van der Waals surface area contributed by atoms with E-state index in [9.17, 15) is 13.2 Å². The molecule has 2 aromatic rings. The monoisotopic (exact) mass is 362 g/mol. The zero-order valence-electron chi connectivity index (χ0n) is 14.7. The number of aryl methyl sites for hydroxylation is 1. The van der Waals surface area contributed by atoms with Crippen molar-refractivity contribution in [3.63, 3.8) is 0 Å². The molecular formula is C18H22N2O4S. The van der Waals surface area contributed by atoms with Crippen LogP contribution in [-0.4, -0.2) is 50.1 Å². The van der Waals surface area contributed by atoms with Crippen LogP contribution in [0.2, 0.25) is 0 Å². The largest absolute Gasteiger partial charge is 0.462 e. The molecule has 0 saturated carbocycles. The van der Waals surface area contributed by atoms with Gasteiger partial charge >= 0.3 is 5.97 Å². The molecule has 1 fully saturated rings. The Kier molecular flexibility index (Phi) is 4.69. The lowest BCUT2D eigenvalue weighted by molar-refractivity contribution is 0.0527. The van der Waals surface area contributed by atoms with E-state index in [1.165, 1.54) is 6.20 Å². The van der Waals surface area contributed by atoms with Crippen LogP contribution < -0.4 is 4.90 Å². The summed E-state index contributed by atoms with van der Waals surface area (Å²) in [6.07, 6.45) is 1.54. The molecule has 25 heavy (non-hydrogen) atoms. The fraction of sp³-hybridized carbons (Fsp3) is 0.444. The van der Waals surface area contributed by atoms with Crippen LogP contribution in [0.15, 0.2) is 24.4 Å². The standard InChI is InChI=1S/C18H22N2O4S/c1-4-24-18(21)15-10-19-16-12(2)6-5-7-14(16)17(15)20-8-9-25(22,23)13(3)11-20/h5-7,10,13H,4,8-9,11H2,1-3H3. The number of carbonyl (C=O) groups excluding carboxylic acids is 1. The quantitative estimate of drug-likeness (QED) is 0.780. The van der Waals surface area contributed by atoms with Crippen molar-refractivity contribution in [3.05, 3.63) is 35.5 Å². The van der Waals surface area contributed by atoms with E-state index in [1.54, 1.807) is 13.8 Å². The van der Waals surface area contributed by atoms with Gasteiger partial charge in [0.25, 0.3) is 0 Å². The van der Waals surface area contributed by atoms with Crippen molar-refractivity contribution in [2.45, 2.75) is 26.0 Å². The number of hydrogen-bond acceptors (Lipinski definition) is 6. The van der Waals surface area contributed by atoms with E-state index in [0.717, 1.165) is 16.5 Å². The number of aromatic nitrogens is 1. The van der Waals surface area contributed by atoms with E-state index in [-0.39, 0.29) is 12.4 Å². The second-order valence-corrected chi connectivity index (χ2v) is 8.87. The Morgan fingerprint density at radius 2 is 2.16 bits per heavy atom. The number of fused-ring (bicyclic) bond motifs is 1. The van der Waals surface area contributed by atoms with Crippen LogP contribution in [0.1, 0.15) is 29.8 Å². The Hall–Kier alpha value is -2.15. The molecule has 0 bridgehead atoms. The highest BCUT2D eigenvalue weighted by molar-refractivity contribution is 7.92. The lowest BCUT2D eigenvalue weighted by Crippen LogP contribution is -2.46. The third-order valence-electron chi connectivity index (χ3n) is 4.62. The molecule has 1 unspecified atom stereocenters. The maximum atomic E-state index is 12.4. The predicted octanol–water partition coefficient (Wildman–Crippen LogP) is 2.34. The first-order chi connectivity index (χ1) is 11.8. The molecule has 2 heterocycles. The lowest BCUT2D eigenvalue weighted by Gasteiger charge is -2.34. The summed E-state index contributed by atoms with van der Waals surface area (Å²) < 4.78 is 29.3.